The number of benzene rings is 1. The minimum Gasteiger partial charge on any atom is -0.392 e. The van der Waals surface area contributed by atoms with E-state index in [-0.39, 0.29) is 6.61 Å². The molecule has 2 aromatic rings. The molecule has 0 aliphatic heterocycles. The van der Waals surface area contributed by atoms with E-state index >= 15 is 0 Å². The Morgan fingerprint density at radius 3 is 2.87 bits per heavy atom. The summed E-state index contributed by atoms with van der Waals surface area (Å²) in [5, 5.41) is 17.0. The molecule has 0 fully saturated rings. The van der Waals surface area contributed by atoms with Gasteiger partial charge in [-0.25, -0.2) is 4.68 Å². The first-order valence-electron chi connectivity index (χ1n) is 4.49. The number of nitrogens with zero attached hydrogens (tertiary/aromatic N) is 3. The third kappa shape index (κ3) is 2.08. The zero-order valence-electron chi connectivity index (χ0n) is 8.18. The predicted molar refractivity (Wildman–Crippen MR) is 59.7 cm³/mol. The molecule has 15 heavy (non-hydrogen) atoms. The van der Waals surface area contributed by atoms with Crippen LogP contribution in [0.25, 0.3) is 5.69 Å². The molecule has 1 N–H and O–H groups in total. The van der Waals surface area contributed by atoms with E-state index in [9.17, 15) is 0 Å². The standard InChI is InChI=1S/C10H10BrN3O/c1-7-5-14(13-12-7)9-2-3-10(11)8(4-9)6-15/h2-5,15H,6H2,1H3. The highest BCUT2D eigenvalue weighted by atomic mass is 79.9. The van der Waals surface area contributed by atoms with Gasteiger partial charge in [0.15, 0.2) is 0 Å². The van der Waals surface area contributed by atoms with E-state index in [0.717, 1.165) is 21.4 Å². The van der Waals surface area contributed by atoms with Gasteiger partial charge in [-0.2, -0.15) is 0 Å². The zero-order valence-corrected chi connectivity index (χ0v) is 9.77. The summed E-state index contributed by atoms with van der Waals surface area (Å²) in [4.78, 5) is 0. The SMILES string of the molecule is Cc1cn(-c2ccc(Br)c(CO)c2)nn1. The van der Waals surface area contributed by atoms with Crippen molar-refractivity contribution in [3.63, 3.8) is 0 Å². The van der Waals surface area contributed by atoms with Gasteiger partial charge in [-0.15, -0.1) is 5.10 Å². The molecule has 0 unspecified atom stereocenters. The van der Waals surface area contributed by atoms with Crippen molar-refractivity contribution in [3.8, 4) is 5.69 Å². The van der Waals surface area contributed by atoms with Gasteiger partial charge in [0.1, 0.15) is 0 Å². The Kier molecular flexibility index (Phi) is 2.83. The van der Waals surface area contributed by atoms with Crippen molar-refractivity contribution >= 4 is 15.9 Å². The lowest BCUT2D eigenvalue weighted by molar-refractivity contribution is 0.281. The Balaban J connectivity index is 2.45. The second-order valence-electron chi connectivity index (χ2n) is 3.24. The van der Waals surface area contributed by atoms with E-state index in [1.54, 1.807) is 4.68 Å². The number of halogens is 1. The van der Waals surface area contributed by atoms with Gasteiger partial charge in [-0.3, -0.25) is 0 Å². The molecular formula is C10H10BrN3O. The van der Waals surface area contributed by atoms with Crippen molar-refractivity contribution in [3.05, 3.63) is 40.1 Å². The molecule has 0 radical (unpaired) electrons. The van der Waals surface area contributed by atoms with Crippen LogP contribution in [0.15, 0.2) is 28.9 Å². The summed E-state index contributed by atoms with van der Waals surface area (Å²) in [7, 11) is 0. The first-order chi connectivity index (χ1) is 7.20. The van der Waals surface area contributed by atoms with E-state index in [1.807, 2.05) is 31.3 Å². The number of rotatable bonds is 2. The molecule has 0 atom stereocenters. The van der Waals surface area contributed by atoms with Crippen LogP contribution in [0.1, 0.15) is 11.3 Å². The molecule has 2 rings (SSSR count). The third-order valence-electron chi connectivity index (χ3n) is 2.07. The molecule has 0 spiro atoms. The molecule has 1 aromatic heterocycles. The average molecular weight is 268 g/mol. The number of aliphatic hydroxyl groups is 1. The second kappa shape index (κ2) is 4.12. The van der Waals surface area contributed by atoms with Crippen molar-refractivity contribution in [2.45, 2.75) is 13.5 Å². The largest absolute Gasteiger partial charge is 0.392 e. The minimum atomic E-state index is 0.00209. The summed E-state index contributed by atoms with van der Waals surface area (Å²) in [6.07, 6.45) is 1.84. The fourth-order valence-electron chi connectivity index (χ4n) is 1.30. The summed E-state index contributed by atoms with van der Waals surface area (Å²) in [6.45, 7) is 1.89. The molecule has 0 bridgehead atoms. The van der Waals surface area contributed by atoms with E-state index in [0.29, 0.717) is 0 Å². The smallest absolute Gasteiger partial charge is 0.0800 e. The molecule has 78 valence electrons. The Morgan fingerprint density at radius 1 is 1.47 bits per heavy atom. The molecular weight excluding hydrogens is 258 g/mol. The van der Waals surface area contributed by atoms with Crippen LogP contribution in [0, 0.1) is 6.92 Å². The van der Waals surface area contributed by atoms with Crippen LogP contribution in [0.4, 0.5) is 0 Å². The summed E-state index contributed by atoms with van der Waals surface area (Å²) in [5.41, 5.74) is 2.59. The van der Waals surface area contributed by atoms with Crippen molar-refractivity contribution in [1.29, 1.82) is 0 Å². The molecule has 0 saturated carbocycles. The summed E-state index contributed by atoms with van der Waals surface area (Å²) >= 11 is 3.36. The number of aliphatic hydroxyl groups excluding tert-OH is 1. The first kappa shape index (κ1) is 10.3. The molecule has 1 heterocycles. The zero-order chi connectivity index (χ0) is 10.8. The van der Waals surface area contributed by atoms with E-state index in [2.05, 4.69) is 26.2 Å². The molecule has 0 amide bonds. The number of aromatic nitrogens is 3. The maximum atomic E-state index is 9.12. The molecule has 0 aliphatic rings. The van der Waals surface area contributed by atoms with Crippen molar-refractivity contribution in [2.75, 3.05) is 0 Å². The van der Waals surface area contributed by atoms with Crippen LogP contribution >= 0.6 is 15.9 Å². The second-order valence-corrected chi connectivity index (χ2v) is 4.09. The normalized spacial score (nSPS) is 10.6. The monoisotopic (exact) mass is 267 g/mol. The lowest BCUT2D eigenvalue weighted by Crippen LogP contribution is -1.97. The number of aryl methyl sites for hydroxylation is 1. The van der Waals surface area contributed by atoms with Gasteiger partial charge in [-0.05, 0) is 30.7 Å². The van der Waals surface area contributed by atoms with Crippen LogP contribution in [-0.4, -0.2) is 20.1 Å². The molecule has 5 heteroatoms. The van der Waals surface area contributed by atoms with Crippen molar-refractivity contribution in [2.24, 2.45) is 0 Å². The van der Waals surface area contributed by atoms with Gasteiger partial charge in [0.25, 0.3) is 0 Å². The van der Waals surface area contributed by atoms with E-state index < -0.39 is 0 Å². The summed E-state index contributed by atoms with van der Waals surface area (Å²) in [5.74, 6) is 0. The Bertz CT molecular complexity index is 481. The third-order valence-corrected chi connectivity index (χ3v) is 2.85. The van der Waals surface area contributed by atoms with Crippen LogP contribution in [0.2, 0.25) is 0 Å². The highest BCUT2D eigenvalue weighted by Crippen LogP contribution is 2.20. The van der Waals surface area contributed by atoms with Crippen molar-refractivity contribution in [1.82, 2.24) is 15.0 Å². The maximum Gasteiger partial charge on any atom is 0.0800 e. The van der Waals surface area contributed by atoms with Crippen LogP contribution in [0.3, 0.4) is 0 Å². The van der Waals surface area contributed by atoms with Gasteiger partial charge < -0.3 is 5.11 Å². The van der Waals surface area contributed by atoms with Gasteiger partial charge in [-0.1, -0.05) is 21.1 Å². The predicted octanol–water partition coefficient (Wildman–Crippen LogP) is 1.83. The Hall–Kier alpha value is -1.20. The van der Waals surface area contributed by atoms with E-state index in [1.165, 1.54) is 0 Å². The topological polar surface area (TPSA) is 50.9 Å². The maximum absolute atomic E-state index is 9.12. The lowest BCUT2D eigenvalue weighted by atomic mass is 10.2. The number of hydrogen-bond donors (Lipinski definition) is 1. The lowest BCUT2D eigenvalue weighted by Gasteiger charge is -2.04. The fraction of sp³-hybridized carbons (Fsp3) is 0.200. The van der Waals surface area contributed by atoms with Gasteiger partial charge in [0.05, 0.1) is 24.2 Å². The first-order valence-corrected chi connectivity index (χ1v) is 5.28. The van der Waals surface area contributed by atoms with E-state index in [4.69, 9.17) is 5.11 Å². The Labute approximate surface area is 95.7 Å². The summed E-state index contributed by atoms with van der Waals surface area (Å²) < 4.78 is 2.58. The van der Waals surface area contributed by atoms with Crippen LogP contribution < -0.4 is 0 Å². The fourth-order valence-corrected chi connectivity index (χ4v) is 1.67. The molecule has 0 saturated heterocycles. The highest BCUT2D eigenvalue weighted by Gasteiger charge is 2.03. The van der Waals surface area contributed by atoms with Crippen LogP contribution in [0.5, 0.6) is 0 Å². The Morgan fingerprint density at radius 2 is 2.27 bits per heavy atom. The molecule has 1 aromatic carbocycles. The van der Waals surface area contributed by atoms with Gasteiger partial charge >= 0.3 is 0 Å². The molecule has 0 aliphatic carbocycles. The van der Waals surface area contributed by atoms with Crippen LogP contribution in [-0.2, 0) is 6.61 Å². The van der Waals surface area contributed by atoms with Crippen molar-refractivity contribution < 1.29 is 5.11 Å². The quantitative estimate of drug-likeness (QED) is 0.904. The number of hydrogen-bond acceptors (Lipinski definition) is 3. The van der Waals surface area contributed by atoms with Gasteiger partial charge in [0.2, 0.25) is 0 Å². The molecule has 4 nitrogen and oxygen atoms in total. The minimum absolute atomic E-state index is 0.00209. The average Bonchev–Trinajstić information content (AvgIpc) is 2.66. The highest BCUT2D eigenvalue weighted by molar-refractivity contribution is 9.10. The summed E-state index contributed by atoms with van der Waals surface area (Å²) in [6, 6.07) is 5.67. The van der Waals surface area contributed by atoms with Gasteiger partial charge in [0, 0.05) is 4.47 Å².